The van der Waals surface area contributed by atoms with E-state index in [0.717, 1.165) is 5.56 Å². The van der Waals surface area contributed by atoms with Gasteiger partial charge in [0.25, 0.3) is 5.91 Å². The van der Waals surface area contributed by atoms with Crippen molar-refractivity contribution in [3.8, 4) is 5.75 Å². The fraction of sp³-hybridized carbons (Fsp3) is 0.263. The summed E-state index contributed by atoms with van der Waals surface area (Å²) in [6.45, 7) is 3.30. The van der Waals surface area contributed by atoms with E-state index in [9.17, 15) is 18.0 Å². The molecule has 2 aromatic carbocycles. The number of carbonyl (C=O) groups excluding carboxylic acids is 2. The first-order valence-electron chi connectivity index (χ1n) is 8.48. The molecule has 0 aliphatic heterocycles. The normalized spacial score (nSPS) is 11.0. The lowest BCUT2D eigenvalue weighted by Crippen LogP contribution is -2.23. The quantitative estimate of drug-likeness (QED) is 0.650. The van der Waals surface area contributed by atoms with E-state index >= 15 is 0 Å². The third-order valence-electron chi connectivity index (χ3n) is 3.70. The lowest BCUT2D eigenvalue weighted by Gasteiger charge is -2.11. The third kappa shape index (κ3) is 5.54. The molecule has 0 fully saturated rings. The Morgan fingerprint density at radius 3 is 2.36 bits per heavy atom. The zero-order valence-corrected chi connectivity index (χ0v) is 16.6. The van der Waals surface area contributed by atoms with E-state index in [-0.39, 0.29) is 17.0 Å². The van der Waals surface area contributed by atoms with Gasteiger partial charge in [-0.1, -0.05) is 13.0 Å². The Morgan fingerprint density at radius 1 is 1.07 bits per heavy atom. The molecular formula is C19H22N2O6S. The van der Waals surface area contributed by atoms with E-state index in [4.69, 9.17) is 9.47 Å². The molecule has 0 spiro atoms. The fourth-order valence-electron chi connectivity index (χ4n) is 2.36. The first-order chi connectivity index (χ1) is 13.3. The summed E-state index contributed by atoms with van der Waals surface area (Å²) in [5, 5.41) is 2.62. The third-order valence-corrected chi connectivity index (χ3v) is 5.26. The van der Waals surface area contributed by atoms with E-state index in [1.54, 1.807) is 19.1 Å². The molecule has 0 aliphatic rings. The van der Waals surface area contributed by atoms with E-state index in [1.807, 2.05) is 13.0 Å². The van der Waals surface area contributed by atoms with Crippen LogP contribution >= 0.6 is 0 Å². The number of nitrogens with one attached hydrogen (secondary N) is 2. The van der Waals surface area contributed by atoms with Gasteiger partial charge in [-0.25, -0.2) is 17.9 Å². The van der Waals surface area contributed by atoms with Crippen molar-refractivity contribution in [1.82, 2.24) is 4.72 Å². The summed E-state index contributed by atoms with van der Waals surface area (Å²) in [5.74, 6) is -0.773. The van der Waals surface area contributed by atoms with Crippen molar-refractivity contribution < 1.29 is 27.5 Å². The Balaban J connectivity index is 1.97. The zero-order chi connectivity index (χ0) is 20.7. The molecule has 28 heavy (non-hydrogen) atoms. The number of anilines is 1. The van der Waals surface area contributed by atoms with E-state index in [0.29, 0.717) is 11.4 Å². The van der Waals surface area contributed by atoms with Crippen LogP contribution in [0.2, 0.25) is 0 Å². The van der Waals surface area contributed by atoms with Gasteiger partial charge < -0.3 is 14.8 Å². The predicted octanol–water partition coefficient (Wildman–Crippen LogP) is 2.10. The number of hydrogen-bond acceptors (Lipinski definition) is 6. The van der Waals surface area contributed by atoms with Gasteiger partial charge in [0.1, 0.15) is 5.75 Å². The maximum absolute atomic E-state index is 12.1. The highest BCUT2D eigenvalue weighted by Gasteiger charge is 2.15. The van der Waals surface area contributed by atoms with Crippen molar-refractivity contribution in [3.05, 3.63) is 53.6 Å². The van der Waals surface area contributed by atoms with Gasteiger partial charge in [-0.3, -0.25) is 4.79 Å². The van der Waals surface area contributed by atoms with Crippen LogP contribution in [0.3, 0.4) is 0 Å². The molecule has 0 aromatic heterocycles. The van der Waals surface area contributed by atoms with Crippen molar-refractivity contribution in [3.63, 3.8) is 0 Å². The summed E-state index contributed by atoms with van der Waals surface area (Å²) >= 11 is 0. The number of rotatable bonds is 8. The minimum absolute atomic E-state index is 0.0372. The van der Waals surface area contributed by atoms with Crippen molar-refractivity contribution in [2.24, 2.45) is 0 Å². The van der Waals surface area contributed by atoms with E-state index < -0.39 is 28.5 Å². The van der Waals surface area contributed by atoms with Gasteiger partial charge in [0, 0.05) is 6.54 Å². The number of sulfonamides is 1. The van der Waals surface area contributed by atoms with Crippen LogP contribution in [0.5, 0.6) is 5.75 Å². The van der Waals surface area contributed by atoms with Crippen molar-refractivity contribution in [2.45, 2.75) is 18.7 Å². The molecule has 0 unspecified atom stereocenters. The predicted molar refractivity (Wildman–Crippen MR) is 104 cm³/mol. The molecule has 0 bridgehead atoms. The van der Waals surface area contributed by atoms with Gasteiger partial charge >= 0.3 is 5.97 Å². The molecule has 2 N–H and O–H groups in total. The van der Waals surface area contributed by atoms with Gasteiger partial charge in [-0.2, -0.15) is 0 Å². The number of hydrogen-bond donors (Lipinski definition) is 2. The van der Waals surface area contributed by atoms with Crippen LogP contribution in [-0.4, -0.2) is 40.6 Å². The smallest absolute Gasteiger partial charge is 0.338 e. The molecule has 1 amide bonds. The second-order valence-electron chi connectivity index (χ2n) is 5.85. The largest absolute Gasteiger partial charge is 0.495 e. The minimum atomic E-state index is -3.60. The molecule has 9 heteroatoms. The van der Waals surface area contributed by atoms with Crippen LogP contribution in [0.15, 0.2) is 47.4 Å². The molecule has 0 heterocycles. The topological polar surface area (TPSA) is 111 Å². The minimum Gasteiger partial charge on any atom is -0.495 e. The van der Waals surface area contributed by atoms with Gasteiger partial charge in [-0.05, 0) is 48.9 Å². The number of benzene rings is 2. The summed E-state index contributed by atoms with van der Waals surface area (Å²) in [4.78, 5) is 24.2. The number of amides is 1. The average Bonchev–Trinajstić information content (AvgIpc) is 2.66. The molecule has 8 nitrogen and oxygen atoms in total. The van der Waals surface area contributed by atoms with Crippen LogP contribution in [-0.2, 0) is 19.6 Å². The monoisotopic (exact) mass is 406 g/mol. The summed E-state index contributed by atoms with van der Waals surface area (Å²) in [6.07, 6.45) is 0. The molecule has 2 aromatic rings. The highest BCUT2D eigenvalue weighted by Crippen LogP contribution is 2.25. The molecule has 150 valence electrons. The molecule has 0 saturated carbocycles. The first kappa shape index (κ1) is 21.4. The van der Waals surface area contributed by atoms with Gasteiger partial charge in [-0.15, -0.1) is 0 Å². The van der Waals surface area contributed by atoms with Crippen molar-refractivity contribution in [2.75, 3.05) is 25.6 Å². The van der Waals surface area contributed by atoms with Gasteiger partial charge in [0.2, 0.25) is 10.0 Å². The van der Waals surface area contributed by atoms with Crippen LogP contribution in [0.25, 0.3) is 0 Å². The van der Waals surface area contributed by atoms with Crippen molar-refractivity contribution >= 4 is 27.6 Å². The van der Waals surface area contributed by atoms with Gasteiger partial charge in [0.15, 0.2) is 6.61 Å². The Hall–Kier alpha value is -2.91. The molecule has 0 radical (unpaired) electrons. The zero-order valence-electron chi connectivity index (χ0n) is 15.8. The fourth-order valence-corrected chi connectivity index (χ4v) is 3.40. The molecule has 2 rings (SSSR count). The lowest BCUT2D eigenvalue weighted by atomic mass is 10.2. The number of methoxy groups -OCH3 is 1. The average molecular weight is 406 g/mol. The Morgan fingerprint density at radius 2 is 1.75 bits per heavy atom. The van der Waals surface area contributed by atoms with E-state index in [2.05, 4.69) is 10.0 Å². The summed E-state index contributed by atoms with van der Waals surface area (Å²) < 4.78 is 36.3. The van der Waals surface area contributed by atoms with Crippen molar-refractivity contribution in [1.29, 1.82) is 0 Å². The first-order valence-corrected chi connectivity index (χ1v) is 9.96. The van der Waals surface area contributed by atoms with E-state index in [1.165, 1.54) is 31.4 Å². The number of ether oxygens (including phenoxy) is 2. The number of aryl methyl sites for hydroxylation is 1. The standard InChI is InChI=1S/C19H22N2O6S/c1-4-20-28(24,25)15-8-6-14(7-9-15)19(23)27-12-18(22)21-16-11-13(2)5-10-17(16)26-3/h5-11,20H,4,12H2,1-3H3,(H,21,22). The highest BCUT2D eigenvalue weighted by molar-refractivity contribution is 7.89. The second kappa shape index (κ2) is 9.34. The molecule has 0 saturated heterocycles. The Kier molecular flexibility index (Phi) is 7.13. The molecular weight excluding hydrogens is 384 g/mol. The number of carbonyl (C=O) groups is 2. The highest BCUT2D eigenvalue weighted by atomic mass is 32.2. The maximum atomic E-state index is 12.1. The molecule has 0 atom stereocenters. The summed E-state index contributed by atoms with van der Waals surface area (Å²) in [7, 11) is -2.12. The molecule has 0 aliphatic carbocycles. The summed E-state index contributed by atoms with van der Waals surface area (Å²) in [5.41, 5.74) is 1.54. The number of esters is 1. The van der Waals surface area contributed by atoms with Crippen LogP contribution in [0.4, 0.5) is 5.69 Å². The Labute approximate surface area is 163 Å². The Bertz CT molecular complexity index is 955. The van der Waals surface area contributed by atoms with Gasteiger partial charge in [0.05, 0.1) is 23.3 Å². The summed E-state index contributed by atoms with van der Waals surface area (Å²) in [6, 6.07) is 10.6. The SMILES string of the molecule is CCNS(=O)(=O)c1ccc(C(=O)OCC(=O)Nc2cc(C)ccc2OC)cc1. The van der Waals surface area contributed by atoms with Crippen LogP contribution < -0.4 is 14.8 Å². The lowest BCUT2D eigenvalue weighted by molar-refractivity contribution is -0.119. The van der Waals surface area contributed by atoms with Crippen LogP contribution in [0, 0.1) is 6.92 Å². The van der Waals surface area contributed by atoms with Crippen LogP contribution in [0.1, 0.15) is 22.8 Å². The second-order valence-corrected chi connectivity index (χ2v) is 7.62. The maximum Gasteiger partial charge on any atom is 0.338 e.